The van der Waals surface area contributed by atoms with E-state index in [4.69, 9.17) is 6.42 Å². The van der Waals surface area contributed by atoms with Gasteiger partial charge in [0.25, 0.3) is 0 Å². The molecule has 0 aromatic heterocycles. The molecule has 0 unspecified atom stereocenters. The van der Waals surface area contributed by atoms with E-state index in [0.29, 0.717) is 0 Å². The van der Waals surface area contributed by atoms with Crippen molar-refractivity contribution in [1.82, 2.24) is 0 Å². The van der Waals surface area contributed by atoms with Crippen LogP contribution < -0.4 is 0 Å². The monoisotopic (exact) mass is 190 g/mol. The van der Waals surface area contributed by atoms with E-state index in [2.05, 4.69) is 29.9 Å². The van der Waals surface area contributed by atoms with E-state index in [1.165, 1.54) is 0 Å². The molecule has 0 aliphatic heterocycles. The van der Waals surface area contributed by atoms with Gasteiger partial charge >= 0.3 is 0 Å². The Balaban J connectivity index is 2.14. The average Bonchev–Trinajstić information content (AvgIpc) is 2.80. The van der Waals surface area contributed by atoms with Gasteiger partial charge in [0.15, 0.2) is 0 Å². The summed E-state index contributed by atoms with van der Waals surface area (Å²) in [6.45, 7) is 0. The molecule has 2 rings (SSSR count). The smallest absolute Gasteiger partial charge is 0.0573 e. The zero-order chi connectivity index (χ0) is 10.5. The molecule has 70 valence electrons. The minimum Gasteiger partial charge on any atom is -0.115 e. The van der Waals surface area contributed by atoms with Crippen molar-refractivity contribution in [3.05, 3.63) is 59.7 Å². The second-order valence-electron chi connectivity index (χ2n) is 3.29. The minimum absolute atomic E-state index is 0.261. The summed E-state index contributed by atoms with van der Waals surface area (Å²) in [4.78, 5) is 0. The van der Waals surface area contributed by atoms with Crippen LogP contribution in [0.15, 0.2) is 48.6 Å². The molecule has 0 saturated heterocycles. The molecule has 1 aromatic carbocycles. The summed E-state index contributed by atoms with van der Waals surface area (Å²) in [5.41, 5.74) is 1.89. The number of hydrogen-bond acceptors (Lipinski definition) is 0. The lowest BCUT2D eigenvalue weighted by atomic mass is 10.1. The van der Waals surface area contributed by atoms with Crippen LogP contribution in [0.1, 0.15) is 11.1 Å². The first-order valence-corrected chi connectivity index (χ1v) is 4.82. The van der Waals surface area contributed by atoms with Crippen LogP contribution in [-0.2, 0) is 0 Å². The first-order valence-electron chi connectivity index (χ1n) is 4.82. The van der Waals surface area contributed by atoms with Gasteiger partial charge in [0, 0.05) is 11.1 Å². The van der Waals surface area contributed by atoms with E-state index in [9.17, 15) is 0 Å². The zero-order valence-corrected chi connectivity index (χ0v) is 8.27. The van der Waals surface area contributed by atoms with Crippen molar-refractivity contribution < 1.29 is 0 Å². The van der Waals surface area contributed by atoms with Crippen molar-refractivity contribution in [3.8, 4) is 24.2 Å². The topological polar surface area (TPSA) is 0 Å². The lowest BCUT2D eigenvalue weighted by Crippen LogP contribution is -1.82. The predicted octanol–water partition coefficient (Wildman–Crippen LogP) is 2.76. The molecule has 0 nitrogen and oxygen atoms in total. The third-order valence-electron chi connectivity index (χ3n) is 2.18. The Morgan fingerprint density at radius 2 is 1.53 bits per heavy atom. The number of benzene rings is 1. The lowest BCUT2D eigenvalue weighted by molar-refractivity contribution is 1.15. The van der Waals surface area contributed by atoms with Crippen molar-refractivity contribution in [2.75, 3.05) is 0 Å². The maximum atomic E-state index is 5.27. The molecule has 0 atom stereocenters. The van der Waals surface area contributed by atoms with Gasteiger partial charge in [-0.15, -0.1) is 6.42 Å². The maximum Gasteiger partial charge on any atom is 0.0573 e. The van der Waals surface area contributed by atoms with Crippen LogP contribution in [0.2, 0.25) is 0 Å². The molecule has 0 bridgehead atoms. The third kappa shape index (κ3) is 2.39. The SMILES string of the molecule is C#Cc1ccc(C#CC2C=CC=C2)cc1. The summed E-state index contributed by atoms with van der Waals surface area (Å²) < 4.78 is 0. The van der Waals surface area contributed by atoms with E-state index in [1.807, 2.05) is 36.4 Å². The average molecular weight is 190 g/mol. The van der Waals surface area contributed by atoms with Crippen LogP contribution in [0.3, 0.4) is 0 Å². The first-order chi connectivity index (χ1) is 7.38. The third-order valence-corrected chi connectivity index (χ3v) is 2.18. The van der Waals surface area contributed by atoms with Gasteiger partial charge in [-0.1, -0.05) is 42.1 Å². The number of allylic oxidation sites excluding steroid dienone is 4. The van der Waals surface area contributed by atoms with E-state index in [1.54, 1.807) is 0 Å². The van der Waals surface area contributed by atoms with Crippen molar-refractivity contribution in [1.29, 1.82) is 0 Å². The van der Waals surface area contributed by atoms with Crippen LogP contribution in [0.25, 0.3) is 0 Å². The fourth-order valence-corrected chi connectivity index (χ4v) is 1.34. The van der Waals surface area contributed by atoms with Gasteiger partial charge in [-0.3, -0.25) is 0 Å². The van der Waals surface area contributed by atoms with E-state index in [-0.39, 0.29) is 5.92 Å². The molecule has 1 aromatic rings. The highest BCUT2D eigenvalue weighted by Gasteiger charge is 1.96. The van der Waals surface area contributed by atoms with Gasteiger partial charge in [-0.05, 0) is 24.3 Å². The fraction of sp³-hybridized carbons (Fsp3) is 0.0667. The van der Waals surface area contributed by atoms with E-state index < -0.39 is 0 Å². The molecule has 0 amide bonds. The molecule has 0 N–H and O–H groups in total. The molecule has 0 heterocycles. The van der Waals surface area contributed by atoms with Crippen LogP contribution in [0.5, 0.6) is 0 Å². The highest BCUT2D eigenvalue weighted by atomic mass is 14.0. The predicted molar refractivity (Wildman–Crippen MR) is 63.0 cm³/mol. The van der Waals surface area contributed by atoms with Crippen LogP contribution >= 0.6 is 0 Å². The molecule has 1 aliphatic carbocycles. The molecular formula is C15H10. The summed E-state index contributed by atoms with van der Waals surface area (Å²) in [6, 6.07) is 7.71. The Hall–Kier alpha value is -2.18. The van der Waals surface area contributed by atoms with Crippen LogP contribution in [0, 0.1) is 30.1 Å². The van der Waals surface area contributed by atoms with Gasteiger partial charge in [-0.2, -0.15) is 0 Å². The molecular weight excluding hydrogens is 180 g/mol. The van der Waals surface area contributed by atoms with Gasteiger partial charge in [0.05, 0.1) is 5.92 Å². The van der Waals surface area contributed by atoms with Crippen LogP contribution in [0.4, 0.5) is 0 Å². The maximum absolute atomic E-state index is 5.27. The quantitative estimate of drug-likeness (QED) is 0.552. The second-order valence-corrected chi connectivity index (χ2v) is 3.29. The van der Waals surface area contributed by atoms with E-state index >= 15 is 0 Å². The number of hydrogen-bond donors (Lipinski definition) is 0. The van der Waals surface area contributed by atoms with Gasteiger partial charge in [0.2, 0.25) is 0 Å². The van der Waals surface area contributed by atoms with Crippen molar-refractivity contribution in [3.63, 3.8) is 0 Å². The Morgan fingerprint density at radius 1 is 0.933 bits per heavy atom. The molecule has 0 radical (unpaired) electrons. The summed E-state index contributed by atoms with van der Waals surface area (Å²) in [6.07, 6.45) is 13.4. The fourth-order valence-electron chi connectivity index (χ4n) is 1.34. The molecule has 15 heavy (non-hydrogen) atoms. The van der Waals surface area contributed by atoms with Crippen molar-refractivity contribution in [2.45, 2.75) is 0 Å². The van der Waals surface area contributed by atoms with E-state index in [0.717, 1.165) is 11.1 Å². The van der Waals surface area contributed by atoms with Gasteiger partial charge in [0.1, 0.15) is 0 Å². The molecule has 0 heteroatoms. The van der Waals surface area contributed by atoms with Crippen LogP contribution in [-0.4, -0.2) is 0 Å². The summed E-state index contributed by atoms with van der Waals surface area (Å²) in [5, 5.41) is 0. The number of terminal acetylenes is 1. The van der Waals surface area contributed by atoms with Crippen molar-refractivity contribution in [2.24, 2.45) is 5.92 Å². The highest BCUT2D eigenvalue weighted by molar-refractivity contribution is 5.42. The largest absolute Gasteiger partial charge is 0.115 e. The second kappa shape index (κ2) is 4.36. The normalized spacial score (nSPS) is 13.3. The lowest BCUT2D eigenvalue weighted by Gasteiger charge is -1.92. The number of rotatable bonds is 0. The minimum atomic E-state index is 0.261. The molecule has 0 spiro atoms. The molecule has 1 aliphatic rings. The Bertz CT molecular complexity index is 484. The summed E-state index contributed by atoms with van der Waals surface area (Å²) in [7, 11) is 0. The summed E-state index contributed by atoms with van der Waals surface area (Å²) in [5.74, 6) is 9.12. The van der Waals surface area contributed by atoms with Gasteiger partial charge in [-0.25, -0.2) is 0 Å². The Labute approximate surface area is 90.3 Å². The first kappa shape index (κ1) is 9.38. The standard InChI is InChI=1S/C15H10/c1-2-13-7-9-15(10-8-13)12-11-14-5-3-4-6-14/h1,3-10,14H. The zero-order valence-electron chi connectivity index (χ0n) is 8.27. The Kier molecular flexibility index (Phi) is 2.72. The highest BCUT2D eigenvalue weighted by Crippen LogP contribution is 2.07. The molecule has 0 fully saturated rings. The van der Waals surface area contributed by atoms with Gasteiger partial charge < -0.3 is 0 Å². The Morgan fingerprint density at radius 3 is 2.13 bits per heavy atom. The molecule has 0 saturated carbocycles. The van der Waals surface area contributed by atoms with Crippen molar-refractivity contribution >= 4 is 0 Å². The summed E-state index contributed by atoms with van der Waals surface area (Å²) >= 11 is 0.